The van der Waals surface area contributed by atoms with Crippen LogP contribution in [0.15, 0.2) is 77.4 Å². The van der Waals surface area contributed by atoms with E-state index in [2.05, 4.69) is 68.5 Å². The summed E-state index contributed by atoms with van der Waals surface area (Å²) in [6, 6.07) is 10.3. The van der Waals surface area contributed by atoms with Gasteiger partial charge in [-0.1, -0.05) is 65.3 Å². The molecule has 0 spiro atoms. The van der Waals surface area contributed by atoms with Crippen LogP contribution in [0, 0.1) is 6.92 Å². The fourth-order valence-electron chi connectivity index (χ4n) is 8.54. The van der Waals surface area contributed by atoms with Crippen molar-refractivity contribution in [2.75, 3.05) is 37.1 Å². The maximum Gasteiger partial charge on any atom is 0.490 e. The van der Waals surface area contributed by atoms with Crippen LogP contribution < -0.4 is 10.2 Å². The van der Waals surface area contributed by atoms with Crippen LogP contribution in [0.5, 0.6) is 0 Å². The van der Waals surface area contributed by atoms with Crippen LogP contribution in [0.25, 0.3) is 0 Å². The highest BCUT2D eigenvalue weighted by Crippen LogP contribution is 2.66. The lowest BCUT2D eigenvalue weighted by molar-refractivity contribution is -0.438. The molecule has 1 fully saturated rings. The van der Waals surface area contributed by atoms with Gasteiger partial charge < -0.3 is 52.9 Å². The zero-order chi connectivity index (χ0) is 55.7. The minimum absolute atomic E-state index is 0.0574. The molecule has 5 rings (SSSR count). The van der Waals surface area contributed by atoms with E-state index in [0.29, 0.717) is 25.9 Å². The van der Waals surface area contributed by atoms with Gasteiger partial charge in [0.2, 0.25) is 11.6 Å². The molecular formula is C44H63BN3O19P3S4-2. The summed E-state index contributed by atoms with van der Waals surface area (Å²) in [5, 5.41) is 3.03. The Morgan fingerprint density at radius 3 is 2.31 bits per heavy atom. The minimum Gasteiger partial charge on any atom is -0.784 e. The Hall–Kier alpha value is -2.33. The molecule has 0 bridgehead atoms. The minimum atomic E-state index is -5.67. The van der Waals surface area contributed by atoms with E-state index in [1.165, 1.54) is 44.8 Å². The van der Waals surface area contributed by atoms with Crippen LogP contribution in [0.1, 0.15) is 97.3 Å². The van der Waals surface area contributed by atoms with Crippen LogP contribution >= 0.6 is 45.1 Å². The highest BCUT2D eigenvalue weighted by atomic mass is 33.1. The summed E-state index contributed by atoms with van der Waals surface area (Å²) in [6.07, 6.45) is 11.5. The molecule has 22 nitrogen and oxygen atoms in total. The summed E-state index contributed by atoms with van der Waals surface area (Å²) in [5.74, 6) is 0.0751. The topological polar surface area (TPSA) is 334 Å². The van der Waals surface area contributed by atoms with E-state index in [9.17, 15) is 41.2 Å². The number of benzene rings is 2. The number of amides is 1. The fourth-order valence-corrected chi connectivity index (χ4v) is 14.2. The highest BCUT2D eigenvalue weighted by molar-refractivity contribution is 8.77. The van der Waals surface area contributed by atoms with Gasteiger partial charge in [-0.25, -0.2) is 22.1 Å². The first kappa shape index (κ1) is 64.2. The SMILES string of the molecule is O=S([O-])[O-].[B][C@H]1C[C@@H](OCSSC(C)(C)CNC(=O)CCCCC[N+]2=C(/C=C/C=C/C=C3/N(CC)c4ccc(S(=O)(=O)[O-])cc4C3(C)C)C(C)(C)c3cc(C)ccc32)[C@@H](COP(=O)(O)OP(=O)(O)OP(=O)(O)O)O1. The molecule has 0 aliphatic carbocycles. The molecule has 30 heteroatoms. The van der Waals surface area contributed by atoms with E-state index < -0.39 is 79.9 Å². The predicted molar refractivity (Wildman–Crippen MR) is 280 cm³/mol. The molecule has 1 saturated heterocycles. The number of unbranched alkanes of at least 4 members (excludes halogenated alkanes) is 2. The number of hydrogen-bond acceptors (Lipinski definition) is 18. The summed E-state index contributed by atoms with van der Waals surface area (Å²) in [7, 11) is -12.5. The number of aryl methyl sites for hydroxylation is 1. The van der Waals surface area contributed by atoms with Crippen molar-refractivity contribution in [2.24, 2.45) is 0 Å². The van der Waals surface area contributed by atoms with Crippen molar-refractivity contribution in [1.29, 1.82) is 0 Å². The molecule has 3 aliphatic heterocycles. The molecule has 2 radical (unpaired) electrons. The van der Waals surface area contributed by atoms with Crippen LogP contribution in [0.3, 0.4) is 0 Å². The average molecular weight is 1170 g/mol. The quantitative estimate of drug-likeness (QED) is 0.00777. The van der Waals surface area contributed by atoms with E-state index in [1.54, 1.807) is 6.07 Å². The normalized spacial score (nSPS) is 21.8. The number of likely N-dealkylation sites (N-methyl/N-ethyl adjacent to an activating group) is 1. The van der Waals surface area contributed by atoms with Crippen molar-refractivity contribution in [3.8, 4) is 0 Å². The lowest BCUT2D eigenvalue weighted by atomic mass is 9.81. The van der Waals surface area contributed by atoms with Gasteiger partial charge in [0, 0.05) is 71.2 Å². The van der Waals surface area contributed by atoms with Crippen molar-refractivity contribution in [3.05, 3.63) is 89.2 Å². The Balaban J connectivity index is 0.00000286. The van der Waals surface area contributed by atoms with Gasteiger partial charge in [-0.2, -0.15) is 13.2 Å². The van der Waals surface area contributed by atoms with Crippen molar-refractivity contribution in [2.45, 2.75) is 126 Å². The molecule has 0 saturated carbocycles. The number of nitrogens with one attached hydrogen (secondary N) is 1. The van der Waals surface area contributed by atoms with Crippen molar-refractivity contribution >= 4 is 97.4 Å². The van der Waals surface area contributed by atoms with Gasteiger partial charge in [0.1, 0.15) is 36.6 Å². The monoisotopic (exact) mass is 1170 g/mol. The number of rotatable bonds is 25. The van der Waals surface area contributed by atoms with Gasteiger partial charge in [0.05, 0.1) is 23.0 Å². The number of allylic oxidation sites excluding steroid dienone is 6. The number of nitrogens with zero attached hydrogens (tertiary/aromatic N) is 2. The Labute approximate surface area is 444 Å². The first-order chi connectivity index (χ1) is 34.1. The molecule has 2 unspecified atom stereocenters. The van der Waals surface area contributed by atoms with E-state index in [-0.39, 0.29) is 28.6 Å². The maximum absolute atomic E-state index is 12.9. The predicted octanol–water partition coefficient (Wildman–Crippen LogP) is 6.89. The Morgan fingerprint density at radius 2 is 1.68 bits per heavy atom. The molecule has 0 aromatic heterocycles. The smallest absolute Gasteiger partial charge is 0.490 e. The number of carbonyl (C=O) groups excluding carboxylic acids is 1. The lowest BCUT2D eigenvalue weighted by Crippen LogP contribution is -2.35. The Kier molecular flexibility index (Phi) is 23.0. The molecule has 412 valence electrons. The number of carbonyl (C=O) groups is 1. The highest BCUT2D eigenvalue weighted by Gasteiger charge is 2.45. The van der Waals surface area contributed by atoms with Gasteiger partial charge in [0.25, 0.3) is 0 Å². The molecular weight excluding hydrogens is 1110 g/mol. The zero-order valence-electron chi connectivity index (χ0n) is 42.0. The van der Waals surface area contributed by atoms with Gasteiger partial charge >= 0.3 is 23.5 Å². The van der Waals surface area contributed by atoms with E-state index in [4.69, 9.17) is 44.9 Å². The summed E-state index contributed by atoms with van der Waals surface area (Å²) in [5.41, 5.74) is 6.63. The number of anilines is 1. The maximum atomic E-state index is 12.9. The number of phosphoric acid groups is 3. The van der Waals surface area contributed by atoms with E-state index >= 15 is 0 Å². The third-order valence-corrected chi connectivity index (χ3v) is 19.5. The third kappa shape index (κ3) is 19.0. The standard InChI is InChI=1S/C44H63BN3O16P3S3.H2O3S/c1-9-47-34-22-20-31(70(57,58)59)25-33(34)44(7,8)38(47)16-12-10-13-17-39-43(5,6)32-24-30(2)19-21-35(32)48(39)23-15-11-14-18-41(49)46-28-42(3,4)69-68-29-60-36-26-40(45)62-37(36)27-61-66(53,54)64-67(55,56)63-65(50,51)52;1-4(2)3/h10,12-13,16-17,19-22,24-25,36-37,40H,9,11,14-15,18,23,26-29H2,1-8H3,(H5-,46,49,50,51,52,53,54,55,56,57,58,59);(H2,1,2,3)/p-2/t36-,37-,40-;/m1./s1. The van der Waals surface area contributed by atoms with Crippen LogP contribution in [-0.2, 0) is 73.4 Å². The van der Waals surface area contributed by atoms with Gasteiger partial charge in [-0.3, -0.25) is 13.5 Å². The largest absolute Gasteiger partial charge is 0.784 e. The molecule has 74 heavy (non-hydrogen) atoms. The summed E-state index contributed by atoms with van der Waals surface area (Å²) in [4.78, 5) is 51.4. The first-order valence-electron chi connectivity index (χ1n) is 22.9. The third-order valence-electron chi connectivity index (χ3n) is 11.9. The average Bonchev–Trinajstić information content (AvgIpc) is 3.80. The summed E-state index contributed by atoms with van der Waals surface area (Å²) >= 11 is -3.11. The van der Waals surface area contributed by atoms with Crippen LogP contribution in [-0.4, -0.2) is 125 Å². The summed E-state index contributed by atoms with van der Waals surface area (Å²) < 4.78 is 121. The number of hydrogen-bond donors (Lipinski definition) is 5. The number of phosphoric ester groups is 1. The van der Waals surface area contributed by atoms with Gasteiger partial charge in [-0.15, -0.1) is 11.4 Å². The second-order valence-electron chi connectivity index (χ2n) is 18.9. The second-order valence-corrected chi connectivity index (χ2v) is 28.0. The molecule has 3 heterocycles. The molecule has 5 atom stereocenters. The van der Waals surface area contributed by atoms with Crippen molar-refractivity contribution in [1.82, 2.24) is 5.32 Å². The lowest BCUT2D eigenvalue weighted by Gasteiger charge is -2.25. The Morgan fingerprint density at radius 1 is 1.00 bits per heavy atom. The van der Waals surface area contributed by atoms with E-state index in [1.807, 2.05) is 58.9 Å². The van der Waals surface area contributed by atoms with Crippen LogP contribution in [0.2, 0.25) is 0 Å². The molecule has 5 N–H and O–H groups in total. The molecule has 2 aromatic carbocycles. The Bertz CT molecular complexity index is 2750. The number of fused-ring (bicyclic) bond motifs is 2. The molecule has 1 amide bonds. The first-order valence-corrected chi connectivity index (χ1v) is 32.2. The van der Waals surface area contributed by atoms with Crippen molar-refractivity contribution < 1.29 is 91.5 Å². The van der Waals surface area contributed by atoms with Crippen molar-refractivity contribution in [3.63, 3.8) is 0 Å². The number of ether oxygens (including phenoxy) is 2. The molecule has 3 aliphatic rings. The zero-order valence-corrected chi connectivity index (χ0v) is 48.0. The summed E-state index contributed by atoms with van der Waals surface area (Å²) in [6.45, 7) is 17.7. The molecule has 2 aromatic rings. The van der Waals surface area contributed by atoms with Crippen LogP contribution in [0.4, 0.5) is 11.4 Å². The second kappa shape index (κ2) is 26.6. The fraction of sp³-hybridized carbons (Fsp3) is 0.545. The van der Waals surface area contributed by atoms with Gasteiger partial charge in [0.15, 0.2) is 5.71 Å². The van der Waals surface area contributed by atoms with Gasteiger partial charge in [-0.05, 0) is 96.7 Å². The van der Waals surface area contributed by atoms with E-state index in [0.717, 1.165) is 47.7 Å².